The van der Waals surface area contributed by atoms with Gasteiger partial charge < -0.3 is 20.6 Å². The van der Waals surface area contributed by atoms with Gasteiger partial charge in [-0.05, 0) is 52.1 Å². The van der Waals surface area contributed by atoms with Gasteiger partial charge in [-0.2, -0.15) is 0 Å². The molecule has 2 amide bonds. The van der Waals surface area contributed by atoms with Crippen molar-refractivity contribution in [2.24, 2.45) is 17.8 Å². The maximum absolute atomic E-state index is 12.0. The first kappa shape index (κ1) is 15.1. The number of likely N-dealkylation sites (N-methyl/N-ethyl adjacent to an activating group) is 1. The van der Waals surface area contributed by atoms with Crippen LogP contribution >= 0.6 is 0 Å². The molecule has 5 unspecified atom stereocenters. The summed E-state index contributed by atoms with van der Waals surface area (Å²) >= 11 is 0. The molecule has 2 saturated carbocycles. The molecule has 0 heterocycles. The Morgan fingerprint density at radius 3 is 2.55 bits per heavy atom. The monoisotopic (exact) mass is 283 g/mol. The molecule has 2 rings (SSSR count). The minimum absolute atomic E-state index is 0.0341. The van der Waals surface area contributed by atoms with E-state index in [1.54, 1.807) is 0 Å². The largest absolute Gasteiger partial charge is 0.481 e. The number of aliphatic carboxylic acids is 1. The van der Waals surface area contributed by atoms with Gasteiger partial charge in [-0.3, -0.25) is 4.79 Å². The van der Waals surface area contributed by atoms with Crippen LogP contribution in [-0.2, 0) is 4.79 Å². The van der Waals surface area contributed by atoms with Gasteiger partial charge in [0.25, 0.3) is 0 Å². The minimum Gasteiger partial charge on any atom is -0.481 e. The topological polar surface area (TPSA) is 81.7 Å². The van der Waals surface area contributed by atoms with Crippen LogP contribution in [-0.4, -0.2) is 54.7 Å². The average molecular weight is 283 g/mol. The van der Waals surface area contributed by atoms with Crippen molar-refractivity contribution in [2.45, 2.75) is 38.3 Å². The lowest BCUT2D eigenvalue weighted by Gasteiger charge is -2.29. The van der Waals surface area contributed by atoms with Crippen LogP contribution < -0.4 is 10.6 Å². The van der Waals surface area contributed by atoms with E-state index in [0.717, 1.165) is 25.8 Å². The second-order valence-electron chi connectivity index (χ2n) is 6.50. The Labute approximate surface area is 119 Å². The Balaban J connectivity index is 1.88. The van der Waals surface area contributed by atoms with Gasteiger partial charge in [0.1, 0.15) is 0 Å². The van der Waals surface area contributed by atoms with Crippen LogP contribution in [0.3, 0.4) is 0 Å². The maximum atomic E-state index is 12.0. The number of hydrogen-bond donors (Lipinski definition) is 3. The number of fused-ring (bicyclic) bond motifs is 2. The van der Waals surface area contributed by atoms with Gasteiger partial charge in [0.2, 0.25) is 0 Å². The lowest BCUT2D eigenvalue weighted by Crippen LogP contribution is -2.52. The number of carboxylic acid groups (broad SMARTS) is 1. The van der Waals surface area contributed by atoms with Crippen molar-refractivity contribution in [1.29, 1.82) is 0 Å². The van der Waals surface area contributed by atoms with E-state index in [1.807, 2.05) is 25.9 Å². The summed E-state index contributed by atoms with van der Waals surface area (Å²) in [7, 11) is 3.90. The second-order valence-corrected chi connectivity index (χ2v) is 6.50. The van der Waals surface area contributed by atoms with Crippen LogP contribution in [0, 0.1) is 17.8 Å². The number of carboxylic acids is 1. The molecular formula is C14H25N3O3. The summed E-state index contributed by atoms with van der Waals surface area (Å²) in [5, 5.41) is 15.1. The van der Waals surface area contributed by atoms with Gasteiger partial charge >= 0.3 is 12.0 Å². The number of urea groups is 1. The molecule has 2 aliphatic carbocycles. The number of carbonyl (C=O) groups excluding carboxylic acids is 1. The quantitative estimate of drug-likeness (QED) is 0.695. The molecule has 5 atom stereocenters. The highest BCUT2D eigenvalue weighted by Gasteiger charge is 2.51. The van der Waals surface area contributed by atoms with Crippen molar-refractivity contribution >= 4 is 12.0 Å². The van der Waals surface area contributed by atoms with Crippen LogP contribution in [0.4, 0.5) is 4.79 Å². The van der Waals surface area contributed by atoms with E-state index < -0.39 is 11.9 Å². The van der Waals surface area contributed by atoms with E-state index in [9.17, 15) is 14.7 Å². The SMILES string of the molecule is CC(CN(C)C)NC(=O)NC1C2CCC(C2)C1C(=O)O. The first-order chi connectivity index (χ1) is 9.38. The Hall–Kier alpha value is -1.30. The number of amides is 2. The highest BCUT2D eigenvalue weighted by Crippen LogP contribution is 2.48. The molecule has 0 saturated heterocycles. The standard InChI is InChI=1S/C14H25N3O3/c1-8(7-17(2)3)15-14(20)16-12-10-5-4-9(6-10)11(12)13(18)19/h8-12H,4-7H2,1-3H3,(H,18,19)(H2,15,16,20). The molecule has 0 aromatic carbocycles. The number of rotatable bonds is 5. The first-order valence-electron chi connectivity index (χ1n) is 7.33. The fraction of sp³-hybridized carbons (Fsp3) is 0.857. The third kappa shape index (κ3) is 3.23. The fourth-order valence-electron chi connectivity index (χ4n) is 3.86. The van der Waals surface area contributed by atoms with Crippen molar-refractivity contribution in [3.63, 3.8) is 0 Å². The van der Waals surface area contributed by atoms with Gasteiger partial charge in [0.15, 0.2) is 0 Å². The van der Waals surface area contributed by atoms with E-state index in [4.69, 9.17) is 0 Å². The second kappa shape index (κ2) is 5.99. The summed E-state index contributed by atoms with van der Waals surface area (Å²) in [6.07, 6.45) is 2.96. The van der Waals surface area contributed by atoms with Crippen LogP contribution in [0.25, 0.3) is 0 Å². The fourth-order valence-corrected chi connectivity index (χ4v) is 3.86. The maximum Gasteiger partial charge on any atom is 0.315 e. The van der Waals surface area contributed by atoms with Crippen LogP contribution in [0.1, 0.15) is 26.2 Å². The summed E-state index contributed by atoms with van der Waals surface area (Å²) in [6.45, 7) is 2.70. The van der Waals surface area contributed by atoms with Crippen LogP contribution in [0.5, 0.6) is 0 Å². The molecule has 6 heteroatoms. The highest BCUT2D eigenvalue weighted by atomic mass is 16.4. The summed E-state index contributed by atoms with van der Waals surface area (Å²) in [4.78, 5) is 25.4. The summed E-state index contributed by atoms with van der Waals surface area (Å²) in [6, 6.07) is -0.423. The van der Waals surface area contributed by atoms with Gasteiger partial charge in [-0.25, -0.2) is 4.79 Å². The lowest BCUT2D eigenvalue weighted by atomic mass is 9.84. The van der Waals surface area contributed by atoms with Crippen LogP contribution in [0.15, 0.2) is 0 Å². The summed E-state index contributed by atoms with van der Waals surface area (Å²) in [5.41, 5.74) is 0. The molecule has 20 heavy (non-hydrogen) atoms. The Kier molecular flexibility index (Phi) is 4.52. The molecule has 0 aromatic rings. The predicted octanol–water partition coefficient (Wildman–Crippen LogP) is 0.735. The van der Waals surface area contributed by atoms with Crippen molar-refractivity contribution in [1.82, 2.24) is 15.5 Å². The van der Waals surface area contributed by atoms with E-state index in [-0.39, 0.29) is 24.0 Å². The van der Waals surface area contributed by atoms with E-state index in [1.165, 1.54) is 0 Å². The van der Waals surface area contributed by atoms with Gasteiger partial charge in [0, 0.05) is 18.6 Å². The van der Waals surface area contributed by atoms with Gasteiger partial charge in [-0.15, -0.1) is 0 Å². The molecule has 6 nitrogen and oxygen atoms in total. The van der Waals surface area contributed by atoms with Crippen molar-refractivity contribution < 1.29 is 14.7 Å². The molecule has 2 aliphatic rings. The third-order valence-electron chi connectivity index (χ3n) is 4.52. The Bertz CT molecular complexity index is 386. The van der Waals surface area contributed by atoms with Gasteiger partial charge in [0.05, 0.1) is 5.92 Å². The van der Waals surface area contributed by atoms with E-state index in [0.29, 0.717) is 5.92 Å². The zero-order chi connectivity index (χ0) is 14.9. The molecule has 0 aliphatic heterocycles. The number of hydrogen-bond acceptors (Lipinski definition) is 3. The van der Waals surface area contributed by atoms with Crippen LogP contribution in [0.2, 0.25) is 0 Å². The smallest absolute Gasteiger partial charge is 0.315 e. The zero-order valence-electron chi connectivity index (χ0n) is 12.4. The highest BCUT2D eigenvalue weighted by molar-refractivity contribution is 5.77. The Morgan fingerprint density at radius 1 is 1.30 bits per heavy atom. The molecule has 0 spiro atoms. The van der Waals surface area contributed by atoms with Crippen molar-refractivity contribution in [3.05, 3.63) is 0 Å². The molecule has 2 fully saturated rings. The lowest BCUT2D eigenvalue weighted by molar-refractivity contribution is -0.144. The molecule has 3 N–H and O–H groups in total. The number of carbonyl (C=O) groups is 2. The predicted molar refractivity (Wildman–Crippen MR) is 75.4 cm³/mol. The third-order valence-corrected chi connectivity index (χ3v) is 4.52. The summed E-state index contributed by atoms with van der Waals surface area (Å²) < 4.78 is 0. The first-order valence-corrected chi connectivity index (χ1v) is 7.33. The average Bonchev–Trinajstić information content (AvgIpc) is 2.86. The van der Waals surface area contributed by atoms with Crippen molar-refractivity contribution in [3.8, 4) is 0 Å². The normalized spacial score (nSPS) is 33.2. The summed E-state index contributed by atoms with van der Waals surface area (Å²) in [5.74, 6) is -0.620. The molecule has 0 aromatic heterocycles. The number of nitrogens with one attached hydrogen (secondary N) is 2. The minimum atomic E-state index is -0.774. The Morgan fingerprint density at radius 2 is 1.95 bits per heavy atom. The molecule has 0 radical (unpaired) electrons. The molecule has 114 valence electrons. The van der Waals surface area contributed by atoms with Gasteiger partial charge in [-0.1, -0.05) is 0 Å². The van der Waals surface area contributed by atoms with E-state index in [2.05, 4.69) is 10.6 Å². The van der Waals surface area contributed by atoms with Crippen molar-refractivity contribution in [2.75, 3.05) is 20.6 Å². The zero-order valence-corrected chi connectivity index (χ0v) is 12.4. The van der Waals surface area contributed by atoms with E-state index >= 15 is 0 Å². The molecular weight excluding hydrogens is 258 g/mol. The molecule has 2 bridgehead atoms. The number of nitrogens with zero attached hydrogens (tertiary/aromatic N) is 1.